The number of aryl methyl sites for hydroxylation is 16. The highest BCUT2D eigenvalue weighted by molar-refractivity contribution is 5.90. The maximum absolute atomic E-state index is 11.4. The third-order valence-corrected chi connectivity index (χ3v) is 15.0. The van der Waals surface area contributed by atoms with Gasteiger partial charge < -0.3 is 18.9 Å². The SMILES string of the molecule is C=C(C)C(=O)OCCCc1cc(C)c(CCCOC(=O)C(=C)C)cc1C.C=CC(=O)OCCOCc1cc(C)ccc1C.Cc1cc(CCCc2ccc3c(c2)CC3)c2cc(C)cc(CCCCc3ccc4c(c3)CC4)c2c1. The predicted octanol–water partition coefficient (Wildman–Crippen LogP) is 15.4. The summed E-state index contributed by atoms with van der Waals surface area (Å²) in [4.78, 5) is 33.5. The molecule has 0 bridgehead atoms. The fourth-order valence-electron chi connectivity index (χ4n) is 10.3. The van der Waals surface area contributed by atoms with Crippen LogP contribution >= 0.6 is 0 Å². The Morgan fingerprint density at radius 1 is 0.436 bits per heavy atom. The molecule has 7 heteroatoms. The predicted molar refractivity (Wildman–Crippen MR) is 321 cm³/mol. The summed E-state index contributed by atoms with van der Waals surface area (Å²) in [5, 5.41) is 2.98. The van der Waals surface area contributed by atoms with Crippen molar-refractivity contribution in [1.82, 2.24) is 0 Å². The van der Waals surface area contributed by atoms with E-state index in [4.69, 9.17) is 18.9 Å². The fourth-order valence-corrected chi connectivity index (χ4v) is 10.3. The summed E-state index contributed by atoms with van der Waals surface area (Å²) in [7, 11) is 0. The zero-order chi connectivity index (χ0) is 56.1. The van der Waals surface area contributed by atoms with Gasteiger partial charge in [0.05, 0.1) is 26.4 Å². The topological polar surface area (TPSA) is 88.1 Å². The molecule has 0 amide bonds. The molecule has 8 rings (SSSR count). The second kappa shape index (κ2) is 30.4. The molecule has 0 heterocycles. The van der Waals surface area contributed by atoms with Crippen LogP contribution in [0.5, 0.6) is 0 Å². The summed E-state index contributed by atoms with van der Waals surface area (Å²) in [6.45, 7) is 28.6. The molecule has 2 aliphatic carbocycles. The van der Waals surface area contributed by atoms with Crippen molar-refractivity contribution in [3.05, 3.63) is 223 Å². The minimum atomic E-state index is -0.416. The van der Waals surface area contributed by atoms with Crippen LogP contribution in [0.1, 0.15) is 141 Å². The lowest BCUT2D eigenvalue weighted by atomic mass is 9.86. The highest BCUT2D eigenvalue weighted by Crippen LogP contribution is 2.31. The normalized spacial score (nSPS) is 11.8. The molecule has 0 spiro atoms. The number of rotatable bonds is 25. The lowest BCUT2D eigenvalue weighted by molar-refractivity contribution is -0.140. The molecule has 6 aromatic rings. The van der Waals surface area contributed by atoms with Crippen molar-refractivity contribution >= 4 is 28.7 Å². The highest BCUT2D eigenvalue weighted by Gasteiger charge is 2.15. The van der Waals surface area contributed by atoms with E-state index in [2.05, 4.69) is 152 Å². The third-order valence-electron chi connectivity index (χ3n) is 15.0. The van der Waals surface area contributed by atoms with Gasteiger partial charge in [0.15, 0.2) is 0 Å². The van der Waals surface area contributed by atoms with E-state index in [-0.39, 0.29) is 18.5 Å². The van der Waals surface area contributed by atoms with Crippen molar-refractivity contribution < 1.29 is 33.3 Å². The number of carbonyl (C=O) groups excluding carboxylic acids is 3. The van der Waals surface area contributed by atoms with E-state index in [9.17, 15) is 14.4 Å². The number of benzene rings is 6. The van der Waals surface area contributed by atoms with E-state index in [0.29, 0.717) is 37.6 Å². The maximum atomic E-state index is 11.4. The second-order valence-corrected chi connectivity index (χ2v) is 21.8. The minimum Gasteiger partial charge on any atom is -0.462 e. The van der Waals surface area contributed by atoms with Crippen LogP contribution in [-0.4, -0.2) is 44.3 Å². The quantitative estimate of drug-likeness (QED) is 0.0244. The zero-order valence-electron chi connectivity index (χ0n) is 48.4. The monoisotopic (exact) mass is 1050 g/mol. The van der Waals surface area contributed by atoms with Crippen LogP contribution < -0.4 is 0 Å². The van der Waals surface area contributed by atoms with E-state index in [0.717, 1.165) is 38.2 Å². The van der Waals surface area contributed by atoms with Crippen molar-refractivity contribution in [3.63, 3.8) is 0 Å². The first-order chi connectivity index (χ1) is 37.5. The van der Waals surface area contributed by atoms with Crippen molar-refractivity contribution in [2.45, 2.75) is 158 Å². The summed E-state index contributed by atoms with van der Waals surface area (Å²) >= 11 is 0. The van der Waals surface area contributed by atoms with Crippen LogP contribution in [0.25, 0.3) is 10.8 Å². The highest BCUT2D eigenvalue weighted by atomic mass is 16.6. The molecule has 7 nitrogen and oxygen atoms in total. The number of fused-ring (bicyclic) bond motifs is 3. The third kappa shape index (κ3) is 18.7. The van der Waals surface area contributed by atoms with Crippen LogP contribution in [0.3, 0.4) is 0 Å². The van der Waals surface area contributed by atoms with Crippen LogP contribution in [0.15, 0.2) is 128 Å². The molecular formula is C71H86O7. The standard InChI is InChI=1S/C35H38.C22H30O4.C14H18O3/c1-24-18-32(8-4-3-6-26-10-12-28-14-16-30(28)22-26)34-20-25(2)19-33(35(34)21-24)9-5-7-27-11-13-29-15-17-31(29)23-27;1-15(2)21(23)25-11-7-9-19-13-18(6)20(14-17(19)5)10-8-12-26-22(24)16(3)4;1-4-14(15)17-8-7-16-10-13-9-11(2)5-6-12(13)3/h10-13,18-23H,3-9,14-17H2,1-2H3;13-14H,1,3,7-12H2,2,4-6H3;4-6,9H,1,7-8,10H2,2-3H3. The van der Waals surface area contributed by atoms with Gasteiger partial charge in [-0.2, -0.15) is 0 Å². The van der Waals surface area contributed by atoms with Crippen LogP contribution in [0, 0.1) is 41.5 Å². The Hall–Kier alpha value is -6.83. The average molecular weight is 1050 g/mol. The minimum absolute atomic E-state index is 0.260. The van der Waals surface area contributed by atoms with Crippen LogP contribution in [0.4, 0.5) is 0 Å². The van der Waals surface area contributed by atoms with Crippen LogP contribution in [0.2, 0.25) is 0 Å². The van der Waals surface area contributed by atoms with Crippen molar-refractivity contribution in [2.24, 2.45) is 0 Å². The summed E-state index contributed by atoms with van der Waals surface area (Å²) in [6.07, 6.45) is 18.1. The number of unbranched alkanes of at least 4 members (excludes halogenated alkanes) is 1. The van der Waals surface area contributed by atoms with Gasteiger partial charge in [0.25, 0.3) is 0 Å². The summed E-state index contributed by atoms with van der Waals surface area (Å²) in [5.41, 5.74) is 24.7. The summed E-state index contributed by atoms with van der Waals surface area (Å²) < 4.78 is 20.5. The molecule has 0 N–H and O–H groups in total. The molecule has 2 aliphatic rings. The zero-order valence-corrected chi connectivity index (χ0v) is 48.4. The lowest BCUT2D eigenvalue weighted by Gasteiger charge is -2.19. The molecule has 0 fully saturated rings. The molecular weight excluding hydrogens is 965 g/mol. The number of ether oxygens (including phenoxy) is 4. The average Bonchev–Trinajstić information content (AvgIpc) is 3.42. The molecule has 0 unspecified atom stereocenters. The maximum Gasteiger partial charge on any atom is 0.333 e. The van der Waals surface area contributed by atoms with E-state index in [1.54, 1.807) is 41.7 Å². The molecule has 0 radical (unpaired) electrons. The van der Waals surface area contributed by atoms with Crippen LogP contribution in [-0.2, 0) is 104 Å². The van der Waals surface area contributed by atoms with Gasteiger partial charge in [0.1, 0.15) is 6.61 Å². The van der Waals surface area contributed by atoms with Gasteiger partial charge in [0, 0.05) is 17.2 Å². The van der Waals surface area contributed by atoms with Gasteiger partial charge in [-0.1, -0.05) is 127 Å². The molecule has 78 heavy (non-hydrogen) atoms. The van der Waals surface area contributed by atoms with E-state index < -0.39 is 5.97 Å². The van der Waals surface area contributed by atoms with Gasteiger partial charge in [-0.25, -0.2) is 14.4 Å². The smallest absolute Gasteiger partial charge is 0.333 e. The number of esters is 3. The Morgan fingerprint density at radius 2 is 0.897 bits per heavy atom. The molecule has 6 aromatic carbocycles. The van der Waals surface area contributed by atoms with Gasteiger partial charge in [-0.05, 0) is 240 Å². The Labute approximate surface area is 467 Å². The molecule has 0 saturated heterocycles. The number of hydrogen-bond donors (Lipinski definition) is 0. The number of hydrogen-bond acceptors (Lipinski definition) is 7. The first-order valence-electron chi connectivity index (χ1n) is 28.4. The Morgan fingerprint density at radius 3 is 1.37 bits per heavy atom. The van der Waals surface area contributed by atoms with Crippen molar-refractivity contribution in [1.29, 1.82) is 0 Å². The fraction of sp³-hybridized carbons (Fsp3) is 0.394. The van der Waals surface area contributed by atoms with E-state index >= 15 is 0 Å². The lowest BCUT2D eigenvalue weighted by Crippen LogP contribution is -2.08. The van der Waals surface area contributed by atoms with Gasteiger partial charge in [0.2, 0.25) is 0 Å². The Bertz CT molecular complexity index is 3020. The molecule has 0 aliphatic heterocycles. The molecule has 412 valence electrons. The first kappa shape index (κ1) is 60.4. The van der Waals surface area contributed by atoms with Crippen molar-refractivity contribution in [3.8, 4) is 0 Å². The second-order valence-electron chi connectivity index (χ2n) is 21.8. The van der Waals surface area contributed by atoms with E-state index in [1.807, 2.05) is 0 Å². The molecule has 0 atom stereocenters. The molecule has 0 aromatic heterocycles. The van der Waals surface area contributed by atoms with Gasteiger partial charge in [-0.15, -0.1) is 0 Å². The Balaban J connectivity index is 0.000000203. The summed E-state index contributed by atoms with van der Waals surface area (Å²) in [5.74, 6) is -1.08. The van der Waals surface area contributed by atoms with Gasteiger partial charge >= 0.3 is 17.9 Å². The Kier molecular flexibility index (Phi) is 23.5. The van der Waals surface area contributed by atoms with Crippen molar-refractivity contribution in [2.75, 3.05) is 26.4 Å². The van der Waals surface area contributed by atoms with E-state index in [1.165, 1.54) is 142 Å². The van der Waals surface area contributed by atoms with Gasteiger partial charge in [-0.3, -0.25) is 0 Å². The summed E-state index contributed by atoms with van der Waals surface area (Å²) in [6, 6.07) is 34.7. The molecule has 0 saturated carbocycles. The first-order valence-corrected chi connectivity index (χ1v) is 28.4. The largest absolute Gasteiger partial charge is 0.462 e. The number of carbonyl (C=O) groups is 3.